The summed E-state index contributed by atoms with van der Waals surface area (Å²) in [6.45, 7) is 4.59. The molecule has 2 saturated heterocycles. The average molecular weight is 346 g/mol. The van der Waals surface area contributed by atoms with Crippen molar-refractivity contribution >= 4 is 5.91 Å². The quantitative estimate of drug-likeness (QED) is 0.792. The van der Waals surface area contributed by atoms with Crippen LogP contribution in [0.2, 0.25) is 0 Å². The Morgan fingerprint density at radius 3 is 2.56 bits per heavy atom. The first kappa shape index (κ1) is 18.2. The van der Waals surface area contributed by atoms with E-state index in [1.54, 1.807) is 7.11 Å². The molecule has 0 bridgehead atoms. The van der Waals surface area contributed by atoms with Crippen LogP contribution in [0.3, 0.4) is 0 Å². The van der Waals surface area contributed by atoms with Gasteiger partial charge in [-0.3, -0.25) is 4.79 Å². The lowest BCUT2D eigenvalue weighted by molar-refractivity contribution is -0.134. The number of ether oxygens (including phenoxy) is 2. The smallest absolute Gasteiger partial charge is 0.227 e. The van der Waals surface area contributed by atoms with Gasteiger partial charge in [0.2, 0.25) is 5.91 Å². The van der Waals surface area contributed by atoms with E-state index >= 15 is 0 Å². The van der Waals surface area contributed by atoms with Gasteiger partial charge in [-0.2, -0.15) is 0 Å². The van der Waals surface area contributed by atoms with E-state index in [-0.39, 0.29) is 5.91 Å². The van der Waals surface area contributed by atoms with Gasteiger partial charge in [0.25, 0.3) is 0 Å². The maximum absolute atomic E-state index is 13.1. The van der Waals surface area contributed by atoms with Crippen molar-refractivity contribution < 1.29 is 14.3 Å². The van der Waals surface area contributed by atoms with Crippen LogP contribution in [0.4, 0.5) is 0 Å². The van der Waals surface area contributed by atoms with Crippen molar-refractivity contribution in [2.75, 3.05) is 47.0 Å². The molecule has 2 aliphatic rings. The molecular weight excluding hydrogens is 316 g/mol. The van der Waals surface area contributed by atoms with Crippen LogP contribution in [0.5, 0.6) is 5.75 Å². The molecule has 2 fully saturated rings. The molecule has 0 aromatic heterocycles. The molecule has 3 rings (SSSR count). The Bertz CT molecular complexity index is 547. The van der Waals surface area contributed by atoms with Gasteiger partial charge >= 0.3 is 0 Å². The summed E-state index contributed by atoms with van der Waals surface area (Å²) in [6, 6.07) is 8.19. The number of methoxy groups -OCH3 is 1. The molecule has 2 aliphatic heterocycles. The first-order valence-corrected chi connectivity index (χ1v) is 9.34. The molecule has 1 unspecified atom stereocenters. The number of carbonyl (C=O) groups is 1. The molecule has 0 radical (unpaired) electrons. The molecule has 0 N–H and O–H groups in total. The summed E-state index contributed by atoms with van der Waals surface area (Å²) >= 11 is 0. The second kappa shape index (κ2) is 8.68. The summed E-state index contributed by atoms with van der Waals surface area (Å²) < 4.78 is 10.7. The maximum atomic E-state index is 13.1. The van der Waals surface area contributed by atoms with Gasteiger partial charge in [0.05, 0.1) is 20.1 Å². The molecule has 2 heterocycles. The van der Waals surface area contributed by atoms with Crippen LogP contribution in [-0.4, -0.2) is 68.8 Å². The van der Waals surface area contributed by atoms with Crippen LogP contribution in [0.25, 0.3) is 0 Å². The lowest BCUT2D eigenvalue weighted by atomic mass is 9.99. The van der Waals surface area contributed by atoms with Crippen molar-refractivity contribution in [2.45, 2.75) is 31.7 Å². The molecule has 1 atom stereocenters. The fourth-order valence-corrected chi connectivity index (χ4v) is 3.79. The molecule has 0 saturated carbocycles. The molecule has 1 aromatic carbocycles. The molecule has 1 amide bonds. The number of amides is 1. The summed E-state index contributed by atoms with van der Waals surface area (Å²) in [5, 5.41) is 0. The van der Waals surface area contributed by atoms with Gasteiger partial charge in [0.15, 0.2) is 0 Å². The highest BCUT2D eigenvalue weighted by molar-refractivity contribution is 5.79. The fourth-order valence-electron chi connectivity index (χ4n) is 3.79. The van der Waals surface area contributed by atoms with Crippen molar-refractivity contribution in [1.82, 2.24) is 9.80 Å². The zero-order valence-corrected chi connectivity index (χ0v) is 15.4. The Balaban J connectivity index is 1.66. The van der Waals surface area contributed by atoms with E-state index in [1.807, 2.05) is 24.3 Å². The summed E-state index contributed by atoms with van der Waals surface area (Å²) in [5.41, 5.74) is 1.05. The Kier molecular flexibility index (Phi) is 6.32. The number of piperidine rings is 1. The first-order chi connectivity index (χ1) is 12.2. The molecular formula is C20H30N2O3. The second-order valence-electron chi connectivity index (χ2n) is 7.34. The number of carbonyl (C=O) groups excluding carboxylic acids is 1. The molecule has 1 aromatic rings. The highest BCUT2D eigenvalue weighted by atomic mass is 16.5. The van der Waals surface area contributed by atoms with E-state index in [4.69, 9.17) is 9.47 Å². The van der Waals surface area contributed by atoms with Gasteiger partial charge in [0, 0.05) is 25.1 Å². The molecule has 25 heavy (non-hydrogen) atoms. The highest BCUT2D eigenvalue weighted by Gasteiger charge is 2.30. The number of rotatable bonds is 6. The fraction of sp³-hybridized carbons (Fsp3) is 0.650. The summed E-state index contributed by atoms with van der Waals surface area (Å²) in [4.78, 5) is 17.6. The summed E-state index contributed by atoms with van der Waals surface area (Å²) in [5.74, 6) is 1.55. The first-order valence-electron chi connectivity index (χ1n) is 9.34. The summed E-state index contributed by atoms with van der Waals surface area (Å²) in [6.07, 6.45) is 3.67. The van der Waals surface area contributed by atoms with Crippen LogP contribution in [-0.2, 0) is 16.0 Å². The third kappa shape index (κ3) is 4.95. The Hall–Kier alpha value is -1.59. The Labute approximate surface area is 150 Å². The van der Waals surface area contributed by atoms with Crippen molar-refractivity contribution in [1.29, 1.82) is 0 Å². The van der Waals surface area contributed by atoms with Gasteiger partial charge in [-0.15, -0.1) is 0 Å². The lowest BCUT2D eigenvalue weighted by Gasteiger charge is -2.38. The van der Waals surface area contributed by atoms with Crippen molar-refractivity contribution in [2.24, 2.45) is 5.92 Å². The highest BCUT2D eigenvalue weighted by Crippen LogP contribution is 2.22. The third-order valence-corrected chi connectivity index (χ3v) is 5.44. The number of benzene rings is 1. The number of hydrogen-bond donors (Lipinski definition) is 0. The minimum Gasteiger partial charge on any atom is -0.497 e. The normalized spacial score (nSPS) is 22.1. The van der Waals surface area contributed by atoms with E-state index in [1.165, 1.54) is 0 Å². The van der Waals surface area contributed by atoms with Gasteiger partial charge in [0.1, 0.15) is 5.75 Å². The van der Waals surface area contributed by atoms with Crippen LogP contribution in [0, 0.1) is 5.92 Å². The predicted octanol–water partition coefficient (Wildman–Crippen LogP) is 2.20. The topological polar surface area (TPSA) is 42.0 Å². The Morgan fingerprint density at radius 2 is 1.96 bits per heavy atom. The summed E-state index contributed by atoms with van der Waals surface area (Å²) in [7, 11) is 3.82. The third-order valence-electron chi connectivity index (χ3n) is 5.44. The predicted molar refractivity (Wildman–Crippen MR) is 97.9 cm³/mol. The van der Waals surface area contributed by atoms with Gasteiger partial charge in [-0.25, -0.2) is 0 Å². The second-order valence-corrected chi connectivity index (χ2v) is 7.34. The van der Waals surface area contributed by atoms with Crippen molar-refractivity contribution in [3.05, 3.63) is 29.8 Å². The van der Waals surface area contributed by atoms with Gasteiger partial charge in [-0.05, 0) is 57.1 Å². The minimum atomic E-state index is 0.242. The molecule has 0 spiro atoms. The maximum Gasteiger partial charge on any atom is 0.227 e. The van der Waals surface area contributed by atoms with Crippen LogP contribution >= 0.6 is 0 Å². The Morgan fingerprint density at radius 1 is 1.24 bits per heavy atom. The lowest BCUT2D eigenvalue weighted by Crippen LogP contribution is -2.49. The van der Waals surface area contributed by atoms with E-state index < -0.39 is 0 Å². The number of likely N-dealkylation sites (tertiary alicyclic amines) is 1. The van der Waals surface area contributed by atoms with Gasteiger partial charge in [-0.1, -0.05) is 12.1 Å². The average Bonchev–Trinajstić information content (AvgIpc) is 3.14. The molecule has 0 aliphatic carbocycles. The standard InChI is InChI=1S/C20H30N2O3/c1-21-10-7-18(8-11-21)22(14-17-9-12-25-15-17)20(23)13-16-3-5-19(24-2)6-4-16/h3-6,17-18H,7-15H2,1-2H3. The zero-order chi connectivity index (χ0) is 17.6. The number of nitrogens with zero attached hydrogens (tertiary/aromatic N) is 2. The monoisotopic (exact) mass is 346 g/mol. The van der Waals surface area contributed by atoms with Crippen LogP contribution in [0.1, 0.15) is 24.8 Å². The van der Waals surface area contributed by atoms with Crippen molar-refractivity contribution in [3.63, 3.8) is 0 Å². The van der Waals surface area contributed by atoms with E-state index in [0.29, 0.717) is 18.4 Å². The SMILES string of the molecule is COc1ccc(CC(=O)N(CC2CCOC2)C2CCN(C)CC2)cc1. The van der Waals surface area contributed by atoms with Crippen LogP contribution < -0.4 is 4.74 Å². The van der Waals surface area contributed by atoms with Gasteiger partial charge < -0.3 is 19.3 Å². The zero-order valence-electron chi connectivity index (χ0n) is 15.4. The molecule has 5 nitrogen and oxygen atoms in total. The van der Waals surface area contributed by atoms with Crippen LogP contribution in [0.15, 0.2) is 24.3 Å². The molecule has 5 heteroatoms. The van der Waals surface area contributed by atoms with E-state index in [9.17, 15) is 4.79 Å². The van der Waals surface area contributed by atoms with Crippen molar-refractivity contribution in [3.8, 4) is 5.75 Å². The molecule has 138 valence electrons. The number of hydrogen-bond acceptors (Lipinski definition) is 4. The minimum absolute atomic E-state index is 0.242. The van der Waals surface area contributed by atoms with E-state index in [0.717, 1.165) is 63.4 Å². The van der Waals surface area contributed by atoms with E-state index in [2.05, 4.69) is 16.8 Å². The largest absolute Gasteiger partial charge is 0.497 e.